The molecular weight excluding hydrogens is 625 g/mol. The fourth-order valence-corrected chi connectivity index (χ4v) is 8.05. The molecule has 0 amide bonds. The van der Waals surface area contributed by atoms with E-state index in [1.54, 1.807) is 43.3 Å². The lowest BCUT2D eigenvalue weighted by Crippen LogP contribution is -2.15. The number of fused-ring (bicyclic) bond motifs is 2. The summed E-state index contributed by atoms with van der Waals surface area (Å²) in [4.78, 5) is 21.7. The minimum atomic E-state index is -4.79. The van der Waals surface area contributed by atoms with Gasteiger partial charge in [-0.1, -0.05) is 30.3 Å². The largest absolute Gasteiger partial charge is 0.417 e. The van der Waals surface area contributed by atoms with Crippen LogP contribution in [-0.2, 0) is 22.7 Å². The molecule has 6 nitrogen and oxygen atoms in total. The number of carbonyl (C=O) groups is 1. The molecule has 0 bridgehead atoms. The molecule has 0 fully saturated rings. The first kappa shape index (κ1) is 29.1. The highest BCUT2D eigenvalue weighted by molar-refractivity contribution is 7.86. The summed E-state index contributed by atoms with van der Waals surface area (Å²) in [5, 5.41) is 1.24. The van der Waals surface area contributed by atoms with E-state index in [9.17, 15) is 35.3 Å². The molecule has 0 spiro atoms. The van der Waals surface area contributed by atoms with Gasteiger partial charge in [-0.05, 0) is 60.5 Å². The highest BCUT2D eigenvalue weighted by Gasteiger charge is 2.35. The van der Waals surface area contributed by atoms with Crippen molar-refractivity contribution in [3.63, 3.8) is 0 Å². The summed E-state index contributed by atoms with van der Waals surface area (Å²) in [6.07, 6.45) is -5.12. The second-order valence-electron chi connectivity index (χ2n) is 9.74. The molecule has 218 valence electrons. The van der Waals surface area contributed by atoms with Gasteiger partial charge < -0.3 is 0 Å². The van der Waals surface area contributed by atoms with Gasteiger partial charge >= 0.3 is 6.18 Å². The third-order valence-electron chi connectivity index (χ3n) is 6.76. The summed E-state index contributed by atoms with van der Waals surface area (Å²) < 4.78 is 88.6. The van der Waals surface area contributed by atoms with Gasteiger partial charge in [0.25, 0.3) is 10.1 Å². The number of carbonyl (C=O) groups excluding carboxylic acids is 1. The number of Topliss-reactive ketones (excluding diaryl/α,β-unsaturated/α-hetero) is 1. The molecule has 0 aliphatic heterocycles. The predicted octanol–water partition coefficient (Wildman–Crippen LogP) is 8.38. The quantitative estimate of drug-likeness (QED) is 0.111. The summed E-state index contributed by atoms with van der Waals surface area (Å²) in [6, 6.07) is 17.3. The highest BCUT2D eigenvalue weighted by atomic mass is 32.2. The molecule has 0 atom stereocenters. The van der Waals surface area contributed by atoms with Gasteiger partial charge in [0.15, 0.2) is 5.78 Å². The Bertz CT molecular complexity index is 2170. The van der Waals surface area contributed by atoms with E-state index in [0.717, 1.165) is 27.2 Å². The minimum Gasteiger partial charge on any atom is -0.294 e. The van der Waals surface area contributed by atoms with Crippen LogP contribution in [0.15, 0.2) is 77.7 Å². The van der Waals surface area contributed by atoms with Crippen molar-refractivity contribution in [3.05, 3.63) is 101 Å². The van der Waals surface area contributed by atoms with E-state index in [-0.39, 0.29) is 11.3 Å². The lowest BCUT2D eigenvalue weighted by Gasteiger charge is -2.12. The van der Waals surface area contributed by atoms with Gasteiger partial charge in [0, 0.05) is 23.1 Å². The molecule has 4 aromatic carbocycles. The van der Waals surface area contributed by atoms with Gasteiger partial charge in [0.05, 0.1) is 26.0 Å². The molecule has 2 heterocycles. The van der Waals surface area contributed by atoms with Crippen LogP contribution in [0.2, 0.25) is 0 Å². The maximum absolute atomic E-state index is 13.6. The summed E-state index contributed by atoms with van der Waals surface area (Å²) in [5.74, 6) is -1.77. The molecule has 6 rings (SSSR count). The van der Waals surface area contributed by atoms with E-state index in [2.05, 4.69) is 9.97 Å². The van der Waals surface area contributed by atoms with E-state index < -0.39 is 39.0 Å². The molecular formula is C30H18F4N2O4S3. The number of rotatable bonds is 6. The first-order valence-electron chi connectivity index (χ1n) is 12.6. The van der Waals surface area contributed by atoms with Crippen molar-refractivity contribution < 1.29 is 35.3 Å². The standard InChI is InChI=1S/C30H18F4N2O4S3/c1-15-2-10-23-26(27(15)43(38,39)40)42-29(36-23)18-7-11-22-25(13-18)41-28(35-22)17-5-3-16(4-6-17)12-24(37)20-14-19(31)8-9-21(20)30(32,33)34/h2-11,13-14H,12H2,1H3,(H,38,39,40). The summed E-state index contributed by atoms with van der Waals surface area (Å²) >= 11 is 2.56. The number of aromatic nitrogens is 2. The topological polar surface area (TPSA) is 97.2 Å². The van der Waals surface area contributed by atoms with Gasteiger partial charge in [0.1, 0.15) is 20.7 Å². The number of nitrogens with zero attached hydrogens (tertiary/aromatic N) is 2. The molecule has 6 aromatic rings. The second kappa shape index (κ2) is 10.6. The van der Waals surface area contributed by atoms with E-state index in [4.69, 9.17) is 0 Å². The Hall–Kier alpha value is -4.04. The average molecular weight is 643 g/mol. The fraction of sp³-hybridized carbons (Fsp3) is 0.100. The van der Waals surface area contributed by atoms with Crippen molar-refractivity contribution in [1.82, 2.24) is 9.97 Å². The smallest absolute Gasteiger partial charge is 0.294 e. The first-order valence-corrected chi connectivity index (χ1v) is 15.6. The summed E-state index contributed by atoms with van der Waals surface area (Å²) in [6.45, 7) is 1.60. The summed E-state index contributed by atoms with van der Waals surface area (Å²) in [5.41, 5.74) is 1.63. The molecule has 0 aliphatic rings. The number of hydrogen-bond donors (Lipinski definition) is 1. The van der Waals surface area contributed by atoms with E-state index in [1.807, 2.05) is 18.2 Å². The lowest BCUT2D eigenvalue weighted by molar-refractivity contribution is -0.137. The number of thiazole rings is 2. The molecule has 0 saturated carbocycles. The van der Waals surface area contributed by atoms with Crippen LogP contribution >= 0.6 is 22.7 Å². The minimum absolute atomic E-state index is 0.156. The Morgan fingerprint density at radius 1 is 0.860 bits per heavy atom. The van der Waals surface area contributed by atoms with Crippen LogP contribution in [0.3, 0.4) is 0 Å². The number of halogens is 4. The number of ketones is 1. The van der Waals surface area contributed by atoms with Gasteiger partial charge in [-0.2, -0.15) is 21.6 Å². The summed E-state index contributed by atoms with van der Waals surface area (Å²) in [7, 11) is -4.44. The van der Waals surface area contributed by atoms with Crippen LogP contribution in [0.5, 0.6) is 0 Å². The Labute approximate surface area is 250 Å². The van der Waals surface area contributed by atoms with Gasteiger partial charge in [-0.3, -0.25) is 9.35 Å². The molecule has 1 N–H and O–H groups in total. The van der Waals surface area contributed by atoms with Gasteiger partial charge in [-0.25, -0.2) is 14.4 Å². The molecule has 13 heteroatoms. The van der Waals surface area contributed by atoms with Crippen LogP contribution < -0.4 is 0 Å². The number of aryl methyl sites for hydroxylation is 1. The number of alkyl halides is 3. The monoisotopic (exact) mass is 642 g/mol. The van der Waals surface area contributed by atoms with Gasteiger partial charge in [-0.15, -0.1) is 22.7 Å². The van der Waals surface area contributed by atoms with Gasteiger partial charge in [0.2, 0.25) is 0 Å². The molecule has 0 saturated heterocycles. The van der Waals surface area contributed by atoms with Crippen molar-refractivity contribution in [2.24, 2.45) is 0 Å². The Kier molecular flexibility index (Phi) is 7.16. The van der Waals surface area contributed by atoms with Crippen LogP contribution in [0.1, 0.15) is 27.0 Å². The van der Waals surface area contributed by atoms with Crippen LogP contribution in [0.25, 0.3) is 41.6 Å². The zero-order valence-corrected chi connectivity index (χ0v) is 24.4. The maximum atomic E-state index is 13.6. The fourth-order valence-electron chi connectivity index (χ4n) is 4.73. The highest BCUT2D eigenvalue weighted by Crippen LogP contribution is 2.39. The Morgan fingerprint density at radius 3 is 2.21 bits per heavy atom. The van der Waals surface area contributed by atoms with Crippen molar-refractivity contribution in [2.75, 3.05) is 0 Å². The van der Waals surface area contributed by atoms with Crippen molar-refractivity contribution >= 4 is 59.0 Å². The van der Waals surface area contributed by atoms with Crippen molar-refractivity contribution in [3.8, 4) is 21.1 Å². The van der Waals surface area contributed by atoms with E-state index in [0.29, 0.717) is 55.1 Å². The molecule has 0 unspecified atom stereocenters. The second-order valence-corrected chi connectivity index (χ2v) is 13.1. The normalized spacial score (nSPS) is 12.3. The maximum Gasteiger partial charge on any atom is 0.417 e. The zero-order chi connectivity index (χ0) is 30.7. The molecule has 2 aromatic heterocycles. The van der Waals surface area contributed by atoms with Crippen molar-refractivity contribution in [1.29, 1.82) is 0 Å². The lowest BCUT2D eigenvalue weighted by atomic mass is 9.97. The number of benzene rings is 4. The SMILES string of the molecule is Cc1ccc2nc(-c3ccc4nc(-c5ccc(CC(=O)c6cc(F)ccc6C(F)(F)F)cc5)sc4c3)sc2c1S(=O)(=O)O. The van der Waals surface area contributed by atoms with E-state index >= 15 is 0 Å². The van der Waals surface area contributed by atoms with Crippen molar-refractivity contribution in [2.45, 2.75) is 24.4 Å². The third kappa shape index (κ3) is 5.68. The Morgan fingerprint density at radius 2 is 1.51 bits per heavy atom. The Balaban J connectivity index is 1.26. The van der Waals surface area contributed by atoms with Crippen LogP contribution in [0, 0.1) is 12.7 Å². The number of hydrogen-bond acceptors (Lipinski definition) is 7. The predicted molar refractivity (Wildman–Crippen MR) is 158 cm³/mol. The van der Waals surface area contributed by atoms with E-state index in [1.165, 1.54) is 11.3 Å². The van der Waals surface area contributed by atoms with Crippen LogP contribution in [0.4, 0.5) is 17.6 Å². The zero-order valence-electron chi connectivity index (χ0n) is 21.9. The molecule has 0 aliphatic carbocycles. The first-order chi connectivity index (χ1) is 20.3. The van der Waals surface area contributed by atoms with Crippen LogP contribution in [-0.4, -0.2) is 28.7 Å². The average Bonchev–Trinajstić information content (AvgIpc) is 3.56. The molecule has 43 heavy (non-hydrogen) atoms. The molecule has 0 radical (unpaired) electrons. The third-order valence-corrected chi connectivity index (χ3v) is 10.1.